The Labute approximate surface area is 92.6 Å². The maximum Gasteiger partial charge on any atom is 0.372 e. The summed E-state index contributed by atoms with van der Waals surface area (Å²) in [6.45, 7) is 2.26. The minimum atomic E-state index is -0.311. The van der Waals surface area contributed by atoms with Crippen molar-refractivity contribution in [1.82, 2.24) is 0 Å². The Morgan fingerprint density at radius 3 is 2.64 bits per heavy atom. The van der Waals surface area contributed by atoms with Crippen molar-refractivity contribution in [3.8, 4) is 0 Å². The van der Waals surface area contributed by atoms with E-state index in [1.54, 1.807) is 0 Å². The number of benzene rings is 1. The van der Waals surface area contributed by atoms with E-state index in [0.717, 1.165) is 16.7 Å². The van der Waals surface area contributed by atoms with Crippen LogP contribution in [0.1, 0.15) is 5.56 Å². The second-order valence-corrected chi connectivity index (χ2v) is 4.09. The number of aryl methyl sites for hydroxylation is 1. The third-order valence-corrected chi connectivity index (χ3v) is 2.47. The van der Waals surface area contributed by atoms with Gasteiger partial charge in [-0.05, 0) is 30.8 Å². The largest absolute Gasteiger partial charge is 0.456 e. The first kappa shape index (κ1) is 11.4. The van der Waals surface area contributed by atoms with Gasteiger partial charge in [0.05, 0.1) is 5.88 Å². The highest BCUT2D eigenvalue weighted by Crippen LogP contribution is 2.20. The summed E-state index contributed by atoms with van der Waals surface area (Å²) >= 11 is 6.46. The number of hydrogen-bond donors (Lipinski definition) is 0. The summed E-state index contributed by atoms with van der Waals surface area (Å²) in [4.78, 5) is 12.0. The highest BCUT2D eigenvalue weighted by Gasteiger charge is 2.04. The molecule has 0 bridgehead atoms. The van der Waals surface area contributed by atoms with E-state index in [-0.39, 0.29) is 11.9 Å². The molecule has 0 N–H and O–H groups in total. The molecule has 1 rings (SSSR count). The Bertz CT molecular complexity index is 297. The number of halogens is 1. The van der Waals surface area contributed by atoms with E-state index in [4.69, 9.17) is 16.3 Å². The molecule has 1 aromatic carbocycles. The van der Waals surface area contributed by atoms with Crippen LogP contribution >= 0.6 is 23.4 Å². The maximum absolute atomic E-state index is 11.1. The van der Waals surface area contributed by atoms with Crippen molar-refractivity contribution in [2.24, 2.45) is 0 Å². The molecular formula is C10H11ClO2S. The summed E-state index contributed by atoms with van der Waals surface area (Å²) in [5.41, 5.74) is 1.17. The zero-order chi connectivity index (χ0) is 10.4. The lowest BCUT2D eigenvalue weighted by Gasteiger charge is -2.01. The van der Waals surface area contributed by atoms with Gasteiger partial charge in [-0.2, -0.15) is 0 Å². The summed E-state index contributed by atoms with van der Waals surface area (Å²) in [6.07, 6.45) is 0. The smallest absolute Gasteiger partial charge is 0.372 e. The van der Waals surface area contributed by atoms with E-state index in [1.807, 2.05) is 31.2 Å². The lowest BCUT2D eigenvalue weighted by atomic mass is 10.2. The van der Waals surface area contributed by atoms with Crippen LogP contribution < -0.4 is 0 Å². The maximum atomic E-state index is 11.1. The molecule has 0 aromatic heterocycles. The highest BCUT2D eigenvalue weighted by atomic mass is 35.5. The molecule has 0 unspecified atom stereocenters. The van der Waals surface area contributed by atoms with E-state index < -0.39 is 0 Å². The fourth-order valence-electron chi connectivity index (χ4n) is 0.854. The molecule has 0 saturated heterocycles. The van der Waals surface area contributed by atoms with Crippen molar-refractivity contribution in [3.63, 3.8) is 0 Å². The first-order valence-electron chi connectivity index (χ1n) is 4.19. The van der Waals surface area contributed by atoms with Gasteiger partial charge in [-0.15, -0.1) is 11.6 Å². The van der Waals surface area contributed by atoms with Crippen LogP contribution in [-0.2, 0) is 4.74 Å². The SMILES string of the molecule is Cc1ccc(SC(=O)OCCCl)cc1. The number of thioether (sulfide) groups is 1. The first-order valence-corrected chi connectivity index (χ1v) is 5.54. The van der Waals surface area contributed by atoms with Crippen LogP contribution in [0.2, 0.25) is 0 Å². The molecule has 1 aromatic rings. The van der Waals surface area contributed by atoms with Gasteiger partial charge in [0, 0.05) is 4.90 Å². The monoisotopic (exact) mass is 230 g/mol. The molecule has 76 valence electrons. The van der Waals surface area contributed by atoms with Gasteiger partial charge in [-0.25, -0.2) is 4.79 Å². The predicted molar refractivity (Wildman–Crippen MR) is 59.1 cm³/mol. The van der Waals surface area contributed by atoms with Crippen LogP contribution in [0.25, 0.3) is 0 Å². The molecule has 0 fully saturated rings. The molecule has 0 spiro atoms. The zero-order valence-electron chi connectivity index (χ0n) is 7.83. The third kappa shape index (κ3) is 4.03. The van der Waals surface area contributed by atoms with Gasteiger partial charge in [0.15, 0.2) is 0 Å². The second kappa shape index (κ2) is 5.94. The summed E-state index contributed by atoms with van der Waals surface area (Å²) < 4.78 is 4.82. The van der Waals surface area contributed by atoms with Crippen LogP contribution in [0, 0.1) is 6.92 Å². The standard InChI is InChI=1S/C10H11ClO2S/c1-8-2-4-9(5-3-8)14-10(12)13-7-6-11/h2-5H,6-7H2,1H3. The van der Waals surface area contributed by atoms with E-state index in [0.29, 0.717) is 5.88 Å². The molecule has 0 atom stereocenters. The summed E-state index contributed by atoms with van der Waals surface area (Å²) in [5, 5.41) is -0.311. The molecule has 0 saturated carbocycles. The van der Waals surface area contributed by atoms with Crippen LogP contribution in [0.15, 0.2) is 29.2 Å². The molecular weight excluding hydrogens is 220 g/mol. The Hall–Kier alpha value is -0.670. The lowest BCUT2D eigenvalue weighted by Crippen LogP contribution is -1.99. The van der Waals surface area contributed by atoms with Crippen LogP contribution in [0.3, 0.4) is 0 Å². The van der Waals surface area contributed by atoms with Gasteiger partial charge in [-0.1, -0.05) is 17.7 Å². The Morgan fingerprint density at radius 2 is 2.07 bits per heavy atom. The summed E-state index contributed by atoms with van der Waals surface area (Å²) in [7, 11) is 0. The van der Waals surface area contributed by atoms with Gasteiger partial charge in [0.1, 0.15) is 6.61 Å². The summed E-state index contributed by atoms with van der Waals surface area (Å²) in [6, 6.07) is 7.69. The van der Waals surface area contributed by atoms with Crippen LogP contribution in [0.4, 0.5) is 4.79 Å². The first-order chi connectivity index (χ1) is 6.72. The van der Waals surface area contributed by atoms with Crippen molar-refractivity contribution < 1.29 is 9.53 Å². The quantitative estimate of drug-likeness (QED) is 0.452. The molecule has 4 heteroatoms. The van der Waals surface area contributed by atoms with Gasteiger partial charge in [-0.3, -0.25) is 0 Å². The predicted octanol–water partition coefficient (Wildman–Crippen LogP) is 3.46. The highest BCUT2D eigenvalue weighted by molar-refractivity contribution is 8.13. The Morgan fingerprint density at radius 1 is 1.43 bits per heavy atom. The molecule has 0 radical (unpaired) electrons. The fraction of sp³-hybridized carbons (Fsp3) is 0.300. The number of ether oxygens (including phenoxy) is 1. The van der Waals surface area contributed by atoms with Gasteiger partial charge >= 0.3 is 5.30 Å². The van der Waals surface area contributed by atoms with Gasteiger partial charge in [0.25, 0.3) is 0 Å². The average Bonchev–Trinajstić information content (AvgIpc) is 2.18. The molecule has 0 aliphatic rings. The zero-order valence-corrected chi connectivity index (χ0v) is 9.40. The lowest BCUT2D eigenvalue weighted by molar-refractivity contribution is 0.182. The van der Waals surface area contributed by atoms with Gasteiger partial charge < -0.3 is 4.74 Å². The Kier molecular flexibility index (Phi) is 4.84. The second-order valence-electron chi connectivity index (χ2n) is 2.70. The molecule has 0 amide bonds. The van der Waals surface area contributed by atoms with E-state index in [1.165, 1.54) is 5.56 Å². The fourth-order valence-corrected chi connectivity index (χ4v) is 1.54. The van der Waals surface area contributed by atoms with Crippen molar-refractivity contribution in [3.05, 3.63) is 29.8 Å². The van der Waals surface area contributed by atoms with Crippen molar-refractivity contribution >= 4 is 28.7 Å². The number of carbonyl (C=O) groups excluding carboxylic acids is 1. The molecule has 0 heterocycles. The normalized spacial score (nSPS) is 9.86. The van der Waals surface area contributed by atoms with Gasteiger partial charge in [0.2, 0.25) is 0 Å². The van der Waals surface area contributed by atoms with E-state index in [2.05, 4.69) is 0 Å². The summed E-state index contributed by atoms with van der Waals surface area (Å²) in [5.74, 6) is 0.334. The number of hydrogen-bond acceptors (Lipinski definition) is 3. The Balaban J connectivity index is 2.44. The third-order valence-electron chi connectivity index (χ3n) is 1.52. The molecule has 2 nitrogen and oxygen atoms in total. The van der Waals surface area contributed by atoms with Crippen molar-refractivity contribution in [2.45, 2.75) is 11.8 Å². The van der Waals surface area contributed by atoms with Crippen LogP contribution in [-0.4, -0.2) is 17.8 Å². The number of rotatable bonds is 3. The molecule has 0 aliphatic carbocycles. The molecule has 0 aliphatic heterocycles. The minimum Gasteiger partial charge on any atom is -0.456 e. The van der Waals surface area contributed by atoms with E-state index in [9.17, 15) is 4.79 Å². The van der Waals surface area contributed by atoms with Crippen molar-refractivity contribution in [2.75, 3.05) is 12.5 Å². The minimum absolute atomic E-state index is 0.263. The molecule has 14 heavy (non-hydrogen) atoms. The topological polar surface area (TPSA) is 26.3 Å². The van der Waals surface area contributed by atoms with E-state index >= 15 is 0 Å². The average molecular weight is 231 g/mol. The number of alkyl halides is 1. The van der Waals surface area contributed by atoms with Crippen LogP contribution in [0.5, 0.6) is 0 Å². The van der Waals surface area contributed by atoms with Crippen molar-refractivity contribution in [1.29, 1.82) is 0 Å². The number of carbonyl (C=O) groups is 1.